The van der Waals surface area contributed by atoms with E-state index in [2.05, 4.69) is 27.7 Å². The number of hydrogen-bond donors (Lipinski definition) is 0. The van der Waals surface area contributed by atoms with E-state index in [-0.39, 0.29) is 5.92 Å². The maximum absolute atomic E-state index is 12.7. The molecule has 0 saturated heterocycles. The lowest BCUT2D eigenvalue weighted by Crippen LogP contribution is -2.24. The molecule has 0 amide bonds. The molecule has 1 heteroatoms. The van der Waals surface area contributed by atoms with E-state index in [1.807, 2.05) is 0 Å². The van der Waals surface area contributed by atoms with Crippen LogP contribution in [0.3, 0.4) is 0 Å². The molecule has 0 aromatic heterocycles. The zero-order valence-corrected chi connectivity index (χ0v) is 12.5. The highest BCUT2D eigenvalue weighted by molar-refractivity contribution is 6.01. The minimum atomic E-state index is 0.287. The zero-order chi connectivity index (χ0) is 13.3. The Hall–Kier alpha value is -0.590. The molecule has 0 radical (unpaired) electrons. The van der Waals surface area contributed by atoms with Crippen molar-refractivity contribution in [3.63, 3.8) is 0 Å². The molecule has 1 fully saturated rings. The summed E-state index contributed by atoms with van der Waals surface area (Å²) in [5.41, 5.74) is 2.76. The van der Waals surface area contributed by atoms with Gasteiger partial charge in [-0.05, 0) is 42.6 Å². The summed E-state index contributed by atoms with van der Waals surface area (Å²) in [5, 5.41) is 0. The van der Waals surface area contributed by atoms with Crippen LogP contribution in [0.5, 0.6) is 0 Å². The number of fused-ring (bicyclic) bond motifs is 1. The van der Waals surface area contributed by atoms with Crippen LogP contribution in [0.1, 0.15) is 66.2 Å². The Morgan fingerprint density at radius 2 is 1.67 bits per heavy atom. The first-order valence-corrected chi connectivity index (χ1v) is 7.81. The van der Waals surface area contributed by atoms with Crippen molar-refractivity contribution in [2.24, 2.45) is 23.7 Å². The number of Topliss-reactive ketones (excluding diaryl/α,β-unsaturated/α-hetero) is 1. The highest BCUT2D eigenvalue weighted by Gasteiger charge is 2.43. The van der Waals surface area contributed by atoms with Crippen LogP contribution in [-0.2, 0) is 4.79 Å². The smallest absolute Gasteiger partial charge is 0.163 e. The van der Waals surface area contributed by atoms with Crippen LogP contribution in [0.4, 0.5) is 0 Å². The highest BCUT2D eigenvalue weighted by atomic mass is 16.1. The van der Waals surface area contributed by atoms with Crippen LogP contribution in [0.25, 0.3) is 0 Å². The lowest BCUT2D eigenvalue weighted by Gasteiger charge is -2.26. The molecule has 2 rings (SSSR count). The molecule has 2 aliphatic rings. The van der Waals surface area contributed by atoms with Crippen molar-refractivity contribution in [3.05, 3.63) is 11.1 Å². The molecule has 0 bridgehead atoms. The summed E-state index contributed by atoms with van der Waals surface area (Å²) < 4.78 is 0. The second-order valence-corrected chi connectivity index (χ2v) is 6.79. The lowest BCUT2D eigenvalue weighted by atomic mass is 9.77. The fraction of sp³-hybridized carbons (Fsp3) is 0.824. The van der Waals surface area contributed by atoms with Gasteiger partial charge in [0, 0.05) is 5.92 Å². The zero-order valence-electron chi connectivity index (χ0n) is 12.5. The van der Waals surface area contributed by atoms with Crippen molar-refractivity contribution in [2.75, 3.05) is 0 Å². The monoisotopic (exact) mass is 248 g/mol. The number of allylic oxidation sites excluding steroid dienone is 2. The van der Waals surface area contributed by atoms with Gasteiger partial charge in [-0.1, -0.05) is 52.5 Å². The Labute approximate surface area is 112 Å². The van der Waals surface area contributed by atoms with Gasteiger partial charge in [-0.3, -0.25) is 4.79 Å². The van der Waals surface area contributed by atoms with Crippen LogP contribution in [-0.4, -0.2) is 5.78 Å². The molecule has 0 heterocycles. The summed E-state index contributed by atoms with van der Waals surface area (Å²) in [4.78, 5) is 12.7. The van der Waals surface area contributed by atoms with Crippen LogP contribution in [0, 0.1) is 23.7 Å². The summed E-state index contributed by atoms with van der Waals surface area (Å²) in [6.07, 6.45) is 7.76. The van der Waals surface area contributed by atoms with Gasteiger partial charge in [0.15, 0.2) is 5.78 Å². The van der Waals surface area contributed by atoms with E-state index in [4.69, 9.17) is 0 Å². The van der Waals surface area contributed by atoms with E-state index in [9.17, 15) is 4.79 Å². The Bertz CT molecular complexity index is 349. The predicted octanol–water partition coefficient (Wildman–Crippen LogP) is 4.76. The summed E-state index contributed by atoms with van der Waals surface area (Å²) in [7, 11) is 0. The second kappa shape index (κ2) is 5.59. The SMILES string of the molecule is CC(C)C1=C2CCCCCCC2C(C(C)C)C1=O. The van der Waals surface area contributed by atoms with Crippen molar-refractivity contribution in [3.8, 4) is 0 Å². The Kier molecular flexibility index (Phi) is 4.29. The Morgan fingerprint density at radius 3 is 2.28 bits per heavy atom. The first-order valence-electron chi connectivity index (χ1n) is 7.81. The maximum Gasteiger partial charge on any atom is 0.163 e. The Morgan fingerprint density at radius 1 is 1.00 bits per heavy atom. The molecular formula is C17H28O. The molecule has 0 N–H and O–H groups in total. The molecule has 0 spiro atoms. The fourth-order valence-corrected chi connectivity index (χ4v) is 4.07. The van der Waals surface area contributed by atoms with Crippen molar-refractivity contribution in [1.82, 2.24) is 0 Å². The van der Waals surface area contributed by atoms with Crippen LogP contribution < -0.4 is 0 Å². The van der Waals surface area contributed by atoms with Gasteiger partial charge in [-0.25, -0.2) is 0 Å². The fourth-order valence-electron chi connectivity index (χ4n) is 4.07. The maximum atomic E-state index is 12.7. The standard InChI is InChI=1S/C17H28O/c1-11(2)15-13-9-7-5-6-8-10-14(13)16(12(3)4)17(15)18/h11-13,15H,5-10H2,1-4H3. The largest absolute Gasteiger partial charge is 0.294 e. The molecule has 1 nitrogen and oxygen atoms in total. The van der Waals surface area contributed by atoms with E-state index >= 15 is 0 Å². The second-order valence-electron chi connectivity index (χ2n) is 6.79. The molecule has 102 valence electrons. The number of carbonyl (C=O) groups is 1. The van der Waals surface area contributed by atoms with Gasteiger partial charge < -0.3 is 0 Å². The summed E-state index contributed by atoms with van der Waals surface area (Å²) >= 11 is 0. The first kappa shape index (κ1) is 13.8. The van der Waals surface area contributed by atoms with Crippen LogP contribution >= 0.6 is 0 Å². The van der Waals surface area contributed by atoms with Crippen molar-refractivity contribution >= 4 is 5.78 Å². The average molecular weight is 248 g/mol. The summed E-state index contributed by atoms with van der Waals surface area (Å²) in [5.74, 6) is 2.26. The first-order chi connectivity index (χ1) is 8.54. The third-order valence-electron chi connectivity index (χ3n) is 4.80. The summed E-state index contributed by atoms with van der Waals surface area (Å²) in [6, 6.07) is 0. The molecule has 0 aromatic carbocycles. The van der Waals surface area contributed by atoms with Crippen LogP contribution in [0.2, 0.25) is 0 Å². The van der Waals surface area contributed by atoms with Crippen molar-refractivity contribution in [1.29, 1.82) is 0 Å². The van der Waals surface area contributed by atoms with Gasteiger partial charge in [-0.15, -0.1) is 0 Å². The van der Waals surface area contributed by atoms with Gasteiger partial charge in [0.1, 0.15) is 0 Å². The van der Waals surface area contributed by atoms with Gasteiger partial charge in [0.05, 0.1) is 0 Å². The minimum Gasteiger partial charge on any atom is -0.294 e. The van der Waals surface area contributed by atoms with Gasteiger partial charge in [0.25, 0.3) is 0 Å². The number of ketones is 1. The van der Waals surface area contributed by atoms with E-state index < -0.39 is 0 Å². The predicted molar refractivity (Wildman–Crippen MR) is 76.4 cm³/mol. The molecule has 0 aliphatic heterocycles. The normalized spacial score (nSPS) is 29.8. The molecule has 2 aliphatic carbocycles. The highest BCUT2D eigenvalue weighted by Crippen LogP contribution is 2.46. The molecule has 2 atom stereocenters. The van der Waals surface area contributed by atoms with Gasteiger partial charge in [-0.2, -0.15) is 0 Å². The van der Waals surface area contributed by atoms with Gasteiger partial charge >= 0.3 is 0 Å². The molecule has 1 saturated carbocycles. The summed E-state index contributed by atoms with van der Waals surface area (Å²) in [6.45, 7) is 8.84. The number of hydrogen-bond acceptors (Lipinski definition) is 1. The topological polar surface area (TPSA) is 17.1 Å². The Balaban J connectivity index is 2.36. The third-order valence-corrected chi connectivity index (χ3v) is 4.80. The third kappa shape index (κ3) is 2.41. The molecule has 18 heavy (non-hydrogen) atoms. The van der Waals surface area contributed by atoms with Crippen molar-refractivity contribution < 1.29 is 4.79 Å². The quantitative estimate of drug-likeness (QED) is 0.688. The van der Waals surface area contributed by atoms with Crippen LogP contribution in [0.15, 0.2) is 11.1 Å². The van der Waals surface area contributed by atoms with E-state index in [0.29, 0.717) is 23.5 Å². The molecule has 0 aromatic rings. The number of carbonyl (C=O) groups excluding carboxylic acids is 1. The lowest BCUT2D eigenvalue weighted by molar-refractivity contribution is -0.121. The van der Waals surface area contributed by atoms with Gasteiger partial charge in [0.2, 0.25) is 0 Å². The van der Waals surface area contributed by atoms with Crippen molar-refractivity contribution in [2.45, 2.75) is 66.2 Å². The van der Waals surface area contributed by atoms with E-state index in [1.165, 1.54) is 44.1 Å². The number of rotatable bonds is 2. The average Bonchev–Trinajstić information content (AvgIpc) is 2.50. The molecule has 2 unspecified atom stereocenters. The van der Waals surface area contributed by atoms with E-state index in [1.54, 1.807) is 5.57 Å². The van der Waals surface area contributed by atoms with E-state index in [0.717, 1.165) is 0 Å². The molecular weight excluding hydrogens is 220 g/mol. The minimum absolute atomic E-state index is 0.287.